The van der Waals surface area contributed by atoms with E-state index in [0.29, 0.717) is 16.6 Å². The fourth-order valence-corrected chi connectivity index (χ4v) is 2.74. The first-order valence-corrected chi connectivity index (χ1v) is 6.62. The number of benzene rings is 1. The Balaban J connectivity index is 2.37. The van der Waals surface area contributed by atoms with Crippen molar-refractivity contribution in [3.8, 4) is 0 Å². The third-order valence-corrected chi connectivity index (χ3v) is 3.84. The van der Waals surface area contributed by atoms with Crippen LogP contribution < -0.4 is 4.90 Å². The fourth-order valence-electron chi connectivity index (χ4n) is 2.53. The van der Waals surface area contributed by atoms with Gasteiger partial charge in [-0.1, -0.05) is 30.5 Å². The highest BCUT2D eigenvalue weighted by molar-refractivity contribution is 6.33. The molecule has 1 unspecified atom stereocenters. The number of aldehydes is 1. The van der Waals surface area contributed by atoms with Crippen molar-refractivity contribution in [3.05, 3.63) is 28.8 Å². The molecule has 0 bridgehead atoms. The third-order valence-electron chi connectivity index (χ3n) is 3.51. The van der Waals surface area contributed by atoms with Crippen molar-refractivity contribution in [2.24, 2.45) is 0 Å². The summed E-state index contributed by atoms with van der Waals surface area (Å²) in [5.74, 6) is 0. The van der Waals surface area contributed by atoms with Gasteiger partial charge in [-0.15, -0.1) is 0 Å². The van der Waals surface area contributed by atoms with Gasteiger partial charge in [-0.2, -0.15) is 0 Å². The van der Waals surface area contributed by atoms with Crippen LogP contribution in [0.1, 0.15) is 43.0 Å². The van der Waals surface area contributed by atoms with Crippen LogP contribution in [0.2, 0.25) is 5.02 Å². The maximum Gasteiger partial charge on any atom is 0.153 e. The molecule has 92 valence electrons. The molecule has 2 nitrogen and oxygen atoms in total. The van der Waals surface area contributed by atoms with E-state index in [2.05, 4.69) is 11.8 Å². The minimum atomic E-state index is 0.481. The Kier molecular flexibility index (Phi) is 4.06. The number of halogens is 1. The van der Waals surface area contributed by atoms with Crippen LogP contribution in [0, 0.1) is 0 Å². The average Bonchev–Trinajstić information content (AvgIpc) is 2.53. The van der Waals surface area contributed by atoms with Crippen LogP contribution in [-0.4, -0.2) is 18.9 Å². The molecule has 1 aromatic rings. The maximum atomic E-state index is 11.2. The Morgan fingerprint density at radius 2 is 2.18 bits per heavy atom. The van der Waals surface area contributed by atoms with Crippen LogP contribution in [-0.2, 0) is 0 Å². The molecule has 0 saturated carbocycles. The van der Waals surface area contributed by atoms with Gasteiger partial charge >= 0.3 is 0 Å². The van der Waals surface area contributed by atoms with Crippen LogP contribution in [0.4, 0.5) is 5.69 Å². The number of carbonyl (C=O) groups is 1. The van der Waals surface area contributed by atoms with E-state index < -0.39 is 0 Å². The number of anilines is 1. The summed E-state index contributed by atoms with van der Waals surface area (Å²) in [5.41, 5.74) is 1.62. The molecular weight excluding hydrogens is 234 g/mol. The molecule has 1 atom stereocenters. The molecule has 3 heteroatoms. The van der Waals surface area contributed by atoms with Crippen molar-refractivity contribution in [2.45, 2.75) is 38.6 Å². The van der Waals surface area contributed by atoms with Crippen molar-refractivity contribution in [3.63, 3.8) is 0 Å². The summed E-state index contributed by atoms with van der Waals surface area (Å²) in [6, 6.07) is 6.17. The normalized spacial score (nSPS) is 21.1. The SMILES string of the molecule is CC1CCCCCN1c1cccc(Cl)c1C=O. The standard InChI is InChI=1S/C14H18ClNO/c1-11-6-3-2-4-9-16(11)14-8-5-7-13(15)12(14)10-17/h5,7-8,10-11H,2-4,6,9H2,1H3. The predicted molar refractivity (Wildman–Crippen MR) is 72.1 cm³/mol. The van der Waals surface area contributed by atoms with E-state index in [1.165, 1.54) is 25.7 Å². The first kappa shape index (κ1) is 12.4. The number of rotatable bonds is 2. The zero-order valence-electron chi connectivity index (χ0n) is 10.2. The van der Waals surface area contributed by atoms with Crippen LogP contribution in [0.5, 0.6) is 0 Å². The molecule has 0 aromatic heterocycles. The zero-order chi connectivity index (χ0) is 12.3. The molecule has 0 N–H and O–H groups in total. The zero-order valence-corrected chi connectivity index (χ0v) is 10.9. The van der Waals surface area contributed by atoms with Gasteiger partial charge in [-0.25, -0.2) is 0 Å². The highest BCUT2D eigenvalue weighted by Crippen LogP contribution is 2.30. The quantitative estimate of drug-likeness (QED) is 0.743. The lowest BCUT2D eigenvalue weighted by Gasteiger charge is -2.30. The van der Waals surface area contributed by atoms with Crippen molar-refractivity contribution < 1.29 is 4.79 Å². The Morgan fingerprint density at radius 3 is 2.94 bits per heavy atom. The van der Waals surface area contributed by atoms with Gasteiger partial charge in [-0.3, -0.25) is 4.79 Å². The van der Waals surface area contributed by atoms with E-state index in [1.54, 1.807) is 6.07 Å². The largest absolute Gasteiger partial charge is 0.368 e. The summed E-state index contributed by atoms with van der Waals surface area (Å²) in [4.78, 5) is 13.5. The summed E-state index contributed by atoms with van der Waals surface area (Å²) in [6.45, 7) is 3.24. The van der Waals surface area contributed by atoms with Crippen molar-refractivity contribution >= 4 is 23.6 Å². The lowest BCUT2D eigenvalue weighted by atomic mass is 10.1. The predicted octanol–water partition coefficient (Wildman–Crippen LogP) is 3.92. The smallest absolute Gasteiger partial charge is 0.153 e. The minimum absolute atomic E-state index is 0.481. The number of nitrogens with zero attached hydrogens (tertiary/aromatic N) is 1. The summed E-state index contributed by atoms with van der Waals surface area (Å²) >= 11 is 6.08. The van der Waals surface area contributed by atoms with Crippen molar-refractivity contribution in [1.82, 2.24) is 0 Å². The molecule has 1 saturated heterocycles. The maximum absolute atomic E-state index is 11.2. The summed E-state index contributed by atoms with van der Waals surface area (Å²) in [5, 5.41) is 0.550. The van der Waals surface area contributed by atoms with Crippen LogP contribution in [0.3, 0.4) is 0 Å². The van der Waals surface area contributed by atoms with Gasteiger partial charge in [0.15, 0.2) is 6.29 Å². The minimum Gasteiger partial charge on any atom is -0.368 e. The van der Waals surface area contributed by atoms with Gasteiger partial charge in [0.2, 0.25) is 0 Å². The average molecular weight is 252 g/mol. The van der Waals surface area contributed by atoms with Crippen LogP contribution >= 0.6 is 11.6 Å². The fraction of sp³-hybridized carbons (Fsp3) is 0.500. The van der Waals surface area contributed by atoms with E-state index in [0.717, 1.165) is 18.5 Å². The lowest BCUT2D eigenvalue weighted by Crippen LogP contribution is -2.33. The highest BCUT2D eigenvalue weighted by atomic mass is 35.5. The second-order valence-electron chi connectivity index (χ2n) is 4.68. The number of hydrogen-bond acceptors (Lipinski definition) is 2. The van der Waals surface area contributed by atoms with Gasteiger partial charge in [-0.05, 0) is 31.9 Å². The van der Waals surface area contributed by atoms with Gasteiger partial charge < -0.3 is 4.90 Å². The molecule has 0 aliphatic carbocycles. The van der Waals surface area contributed by atoms with Gasteiger partial charge in [0.25, 0.3) is 0 Å². The Labute approximate surface area is 108 Å². The van der Waals surface area contributed by atoms with Crippen LogP contribution in [0.15, 0.2) is 18.2 Å². The Bertz CT molecular complexity index is 405. The number of carbonyl (C=O) groups excluding carboxylic acids is 1. The first-order valence-electron chi connectivity index (χ1n) is 6.24. The van der Waals surface area contributed by atoms with E-state index in [4.69, 9.17) is 11.6 Å². The lowest BCUT2D eigenvalue weighted by molar-refractivity contribution is 0.112. The summed E-state index contributed by atoms with van der Waals surface area (Å²) in [6.07, 6.45) is 5.79. The van der Waals surface area contributed by atoms with E-state index >= 15 is 0 Å². The Hall–Kier alpha value is -1.02. The first-order chi connectivity index (χ1) is 8.24. The third kappa shape index (κ3) is 2.63. The van der Waals surface area contributed by atoms with Crippen LogP contribution in [0.25, 0.3) is 0 Å². The van der Waals surface area contributed by atoms with Crippen molar-refractivity contribution in [2.75, 3.05) is 11.4 Å². The summed E-state index contributed by atoms with van der Waals surface area (Å²) < 4.78 is 0. The van der Waals surface area contributed by atoms with Gasteiger partial charge in [0.1, 0.15) is 0 Å². The molecule has 1 aromatic carbocycles. The second-order valence-corrected chi connectivity index (χ2v) is 5.09. The molecule has 1 aliphatic heterocycles. The Morgan fingerprint density at radius 1 is 1.35 bits per heavy atom. The van der Waals surface area contributed by atoms with Gasteiger partial charge in [0.05, 0.1) is 10.6 Å². The molecular formula is C14H18ClNO. The highest BCUT2D eigenvalue weighted by Gasteiger charge is 2.20. The van der Waals surface area contributed by atoms with Gasteiger partial charge in [0, 0.05) is 18.3 Å². The molecule has 1 heterocycles. The monoisotopic (exact) mass is 251 g/mol. The molecule has 0 spiro atoms. The second kappa shape index (κ2) is 5.54. The molecule has 1 aliphatic rings. The molecule has 17 heavy (non-hydrogen) atoms. The van der Waals surface area contributed by atoms with E-state index in [-0.39, 0.29) is 0 Å². The molecule has 2 rings (SSSR count). The topological polar surface area (TPSA) is 20.3 Å². The molecule has 0 radical (unpaired) electrons. The summed E-state index contributed by atoms with van der Waals surface area (Å²) in [7, 11) is 0. The molecule has 1 fully saturated rings. The molecule has 0 amide bonds. The van der Waals surface area contributed by atoms with Crippen molar-refractivity contribution in [1.29, 1.82) is 0 Å². The van der Waals surface area contributed by atoms with E-state index in [9.17, 15) is 4.79 Å². The number of hydrogen-bond donors (Lipinski definition) is 0. The van der Waals surface area contributed by atoms with E-state index in [1.807, 2.05) is 12.1 Å².